The molecule has 4 nitrogen and oxygen atoms in total. The Morgan fingerprint density at radius 2 is 1.71 bits per heavy atom. The largest absolute Gasteiger partial charge is 0.550 e. The van der Waals surface area contributed by atoms with Gasteiger partial charge in [0.25, 0.3) is 0 Å². The van der Waals surface area contributed by atoms with Crippen molar-refractivity contribution in [1.82, 2.24) is 0 Å². The molecule has 11 atom stereocenters. The summed E-state index contributed by atoms with van der Waals surface area (Å²) >= 11 is 0. The Bertz CT molecular complexity index is 896. The average Bonchev–Trinajstić information content (AvgIpc) is 2.79. The first-order chi connectivity index (χ1) is 15.8. The lowest BCUT2D eigenvalue weighted by molar-refractivity contribution is -0.327. The Balaban J connectivity index is 1.61. The van der Waals surface area contributed by atoms with Gasteiger partial charge in [-0.15, -0.1) is 0 Å². The molecule has 5 aliphatic carbocycles. The molecule has 5 rings (SSSR count). The first-order valence-electron chi connectivity index (χ1n) is 14.0. The Kier molecular flexibility index (Phi) is 5.52. The van der Waals surface area contributed by atoms with Gasteiger partial charge in [0.05, 0.1) is 12.7 Å². The van der Waals surface area contributed by atoms with Crippen LogP contribution < -0.4 is 5.11 Å². The molecule has 4 fully saturated rings. The number of carbonyl (C=O) groups excluding carboxylic acids is 1. The summed E-state index contributed by atoms with van der Waals surface area (Å²) in [7, 11) is 0. The van der Waals surface area contributed by atoms with E-state index in [0.717, 1.165) is 57.8 Å². The third kappa shape index (κ3) is 2.76. The smallest absolute Gasteiger partial charge is 0.0618 e. The van der Waals surface area contributed by atoms with E-state index in [9.17, 15) is 20.1 Å². The summed E-state index contributed by atoms with van der Waals surface area (Å²) < 4.78 is 0. The number of carbonyl (C=O) groups is 1. The molecule has 0 aliphatic heterocycles. The minimum Gasteiger partial charge on any atom is -0.550 e. The van der Waals surface area contributed by atoms with Crippen LogP contribution in [0.4, 0.5) is 0 Å². The Hall–Kier alpha value is -0.870. The molecule has 0 spiro atoms. The highest BCUT2D eigenvalue weighted by molar-refractivity contribution is 5.74. The van der Waals surface area contributed by atoms with Crippen LogP contribution in [0.15, 0.2) is 11.6 Å². The van der Waals surface area contributed by atoms with Crippen molar-refractivity contribution >= 4 is 5.97 Å². The molecule has 0 aromatic carbocycles. The van der Waals surface area contributed by atoms with Gasteiger partial charge in [0.1, 0.15) is 0 Å². The molecule has 0 saturated heterocycles. The van der Waals surface area contributed by atoms with Gasteiger partial charge in [0, 0.05) is 16.8 Å². The van der Waals surface area contributed by atoms with Gasteiger partial charge in [0.15, 0.2) is 0 Å². The van der Waals surface area contributed by atoms with Gasteiger partial charge >= 0.3 is 0 Å². The van der Waals surface area contributed by atoms with E-state index in [0.29, 0.717) is 23.7 Å². The summed E-state index contributed by atoms with van der Waals surface area (Å²) in [5, 5.41) is 34.0. The van der Waals surface area contributed by atoms with E-state index in [2.05, 4.69) is 47.6 Å². The molecule has 0 aromatic rings. The van der Waals surface area contributed by atoms with Crippen molar-refractivity contribution in [3.63, 3.8) is 0 Å². The first-order valence-corrected chi connectivity index (χ1v) is 14.0. The SMILES string of the molecule is C[C@H]1[C@H](C)CC[C@]2(C(=O)[O-])CC[C@]3(C)C(=CC[C@@H]4[C@@]5(C)CC[C@H](O)[C@@](C)(CO)[C@@H]5CC[C@]43C)[C@H]12. The van der Waals surface area contributed by atoms with Crippen LogP contribution in [-0.4, -0.2) is 28.9 Å². The van der Waals surface area contributed by atoms with Gasteiger partial charge in [-0.1, -0.05) is 53.2 Å². The van der Waals surface area contributed by atoms with E-state index in [1.165, 1.54) is 5.57 Å². The number of hydrogen-bond donors (Lipinski definition) is 2. The van der Waals surface area contributed by atoms with Crippen molar-refractivity contribution in [1.29, 1.82) is 0 Å². The maximum Gasteiger partial charge on any atom is 0.0618 e. The predicted octanol–water partition coefficient (Wildman–Crippen LogP) is 4.73. The highest BCUT2D eigenvalue weighted by Gasteiger charge is 2.69. The van der Waals surface area contributed by atoms with Crippen molar-refractivity contribution in [3.8, 4) is 0 Å². The third-order valence-corrected chi connectivity index (χ3v) is 13.5. The molecular weight excluding hydrogens is 424 g/mol. The van der Waals surface area contributed by atoms with Gasteiger partial charge in [-0.2, -0.15) is 0 Å². The van der Waals surface area contributed by atoms with E-state index in [1.54, 1.807) is 0 Å². The second-order valence-electron chi connectivity index (χ2n) is 14.3. The summed E-state index contributed by atoms with van der Waals surface area (Å²) in [5.41, 5.74) is 0.450. The van der Waals surface area contributed by atoms with Crippen LogP contribution in [0.5, 0.6) is 0 Å². The summed E-state index contributed by atoms with van der Waals surface area (Å²) in [6.07, 6.45) is 10.3. The highest BCUT2D eigenvalue weighted by atomic mass is 16.4. The number of hydrogen-bond acceptors (Lipinski definition) is 4. The number of aliphatic hydroxyl groups is 2. The average molecular weight is 472 g/mol. The Labute approximate surface area is 206 Å². The number of allylic oxidation sites excluding steroid dienone is 2. The number of fused-ring (bicyclic) bond motifs is 7. The molecule has 0 amide bonds. The van der Waals surface area contributed by atoms with E-state index in [1.807, 2.05) is 0 Å². The van der Waals surface area contributed by atoms with Gasteiger partial charge in [0.2, 0.25) is 0 Å². The van der Waals surface area contributed by atoms with Gasteiger partial charge in [-0.25, -0.2) is 0 Å². The number of rotatable bonds is 2. The normalized spacial score (nSPS) is 56.9. The molecular formula is C30H47O4-. The monoisotopic (exact) mass is 471 g/mol. The van der Waals surface area contributed by atoms with Crippen LogP contribution in [0.3, 0.4) is 0 Å². The Morgan fingerprint density at radius 1 is 1.00 bits per heavy atom. The zero-order chi connectivity index (χ0) is 24.9. The molecule has 4 heteroatoms. The van der Waals surface area contributed by atoms with Crippen LogP contribution in [0.1, 0.15) is 99.3 Å². The number of aliphatic hydroxyl groups excluding tert-OH is 2. The zero-order valence-corrected chi connectivity index (χ0v) is 22.3. The maximum atomic E-state index is 12.7. The van der Waals surface area contributed by atoms with Crippen LogP contribution in [0.2, 0.25) is 0 Å². The van der Waals surface area contributed by atoms with Crippen molar-refractivity contribution in [2.45, 2.75) is 105 Å². The molecule has 0 radical (unpaired) electrons. The van der Waals surface area contributed by atoms with E-state index in [-0.39, 0.29) is 28.8 Å². The fourth-order valence-corrected chi connectivity index (χ4v) is 10.9. The summed E-state index contributed by atoms with van der Waals surface area (Å²) in [6.45, 7) is 14.2. The summed E-state index contributed by atoms with van der Waals surface area (Å²) in [4.78, 5) is 12.7. The van der Waals surface area contributed by atoms with E-state index in [4.69, 9.17) is 0 Å². The highest BCUT2D eigenvalue weighted by Crippen LogP contribution is 2.75. The lowest BCUT2D eigenvalue weighted by atomic mass is 9.33. The van der Waals surface area contributed by atoms with Crippen LogP contribution >= 0.6 is 0 Å². The van der Waals surface area contributed by atoms with Gasteiger partial charge < -0.3 is 20.1 Å². The quantitative estimate of drug-likeness (QED) is 0.571. The number of carboxylic acids is 1. The maximum absolute atomic E-state index is 12.7. The molecule has 5 aliphatic rings. The van der Waals surface area contributed by atoms with Crippen LogP contribution in [-0.2, 0) is 4.79 Å². The first kappa shape index (κ1) is 24.8. The molecule has 2 N–H and O–H groups in total. The second kappa shape index (κ2) is 7.57. The fraction of sp³-hybridized carbons (Fsp3) is 0.900. The standard InChI is InChI=1S/C30H48O4/c1-18-9-14-30(25(33)34)16-15-28(5)20(24(30)19(18)2)7-8-22-26(3)12-11-23(32)27(4,17-31)21(26)10-13-29(22,28)6/h7,18-19,21-24,31-32H,8-17H2,1-6H3,(H,33,34)/p-1/t18-,19+,21-,22-,23+,24+,26+,27+,28-,29-,30+/m1/s1. The minimum atomic E-state index is -0.817. The number of aliphatic carboxylic acids is 1. The van der Waals surface area contributed by atoms with Crippen molar-refractivity contribution in [2.75, 3.05) is 6.61 Å². The number of carboxylic acid groups (broad SMARTS) is 1. The Morgan fingerprint density at radius 3 is 2.35 bits per heavy atom. The third-order valence-electron chi connectivity index (χ3n) is 13.5. The van der Waals surface area contributed by atoms with Gasteiger partial charge in [-0.3, -0.25) is 0 Å². The molecule has 0 bridgehead atoms. The van der Waals surface area contributed by atoms with Crippen LogP contribution in [0.25, 0.3) is 0 Å². The van der Waals surface area contributed by atoms with E-state index >= 15 is 0 Å². The van der Waals surface area contributed by atoms with E-state index < -0.39 is 22.9 Å². The molecule has 0 aromatic heterocycles. The topological polar surface area (TPSA) is 80.6 Å². The lowest BCUT2D eigenvalue weighted by Gasteiger charge is -2.71. The van der Waals surface area contributed by atoms with Crippen molar-refractivity contribution in [3.05, 3.63) is 11.6 Å². The zero-order valence-electron chi connectivity index (χ0n) is 22.3. The predicted molar refractivity (Wildman–Crippen MR) is 131 cm³/mol. The van der Waals surface area contributed by atoms with Gasteiger partial charge in [-0.05, 0) is 104 Å². The summed E-state index contributed by atoms with van der Waals surface area (Å²) in [5.74, 6) is 0.945. The second-order valence-corrected chi connectivity index (χ2v) is 14.3. The lowest BCUT2D eigenvalue weighted by Crippen LogP contribution is -2.66. The molecule has 192 valence electrons. The molecule has 4 saturated carbocycles. The van der Waals surface area contributed by atoms with Crippen LogP contribution in [0, 0.1) is 56.7 Å². The molecule has 34 heavy (non-hydrogen) atoms. The molecule has 0 unspecified atom stereocenters. The summed E-state index contributed by atoms with van der Waals surface area (Å²) in [6, 6.07) is 0. The van der Waals surface area contributed by atoms with Crippen molar-refractivity contribution in [2.24, 2.45) is 56.7 Å². The minimum absolute atomic E-state index is 0.00941. The van der Waals surface area contributed by atoms with Crippen molar-refractivity contribution < 1.29 is 20.1 Å². The molecule has 0 heterocycles. The fourth-order valence-electron chi connectivity index (χ4n) is 10.9.